The molecule has 2 rings (SSSR count). The summed E-state index contributed by atoms with van der Waals surface area (Å²) in [6, 6.07) is 15.1. The van der Waals surface area contributed by atoms with E-state index < -0.39 is 0 Å². The molecule has 0 aromatic heterocycles. The van der Waals surface area contributed by atoms with E-state index in [4.69, 9.17) is 16.2 Å². The SMILES string of the molecule is Nc1ccc(C=COC=Cc2ccc(N)cc2)cc1. The van der Waals surface area contributed by atoms with Crippen LogP contribution in [0.5, 0.6) is 0 Å². The van der Waals surface area contributed by atoms with Gasteiger partial charge in [0.2, 0.25) is 0 Å². The van der Waals surface area contributed by atoms with Crippen molar-refractivity contribution >= 4 is 23.5 Å². The molecule has 4 N–H and O–H groups in total. The van der Waals surface area contributed by atoms with Crippen LogP contribution in [-0.2, 0) is 4.74 Å². The molecule has 0 saturated heterocycles. The lowest BCUT2D eigenvalue weighted by atomic mass is 10.2. The van der Waals surface area contributed by atoms with Crippen molar-refractivity contribution in [2.24, 2.45) is 0 Å². The van der Waals surface area contributed by atoms with Crippen LogP contribution in [-0.4, -0.2) is 0 Å². The third kappa shape index (κ3) is 4.24. The number of benzene rings is 2. The summed E-state index contributed by atoms with van der Waals surface area (Å²) in [7, 11) is 0. The van der Waals surface area contributed by atoms with Crippen LogP contribution in [0.15, 0.2) is 61.1 Å². The minimum absolute atomic E-state index is 0.751. The molecule has 0 saturated carbocycles. The topological polar surface area (TPSA) is 61.3 Å². The number of hydrogen-bond acceptors (Lipinski definition) is 3. The summed E-state index contributed by atoms with van der Waals surface area (Å²) in [5, 5.41) is 0. The van der Waals surface area contributed by atoms with Crippen molar-refractivity contribution < 1.29 is 4.74 Å². The van der Waals surface area contributed by atoms with E-state index in [-0.39, 0.29) is 0 Å². The lowest BCUT2D eigenvalue weighted by molar-refractivity contribution is 0.410. The molecule has 0 heterocycles. The summed E-state index contributed by atoms with van der Waals surface area (Å²) in [6.07, 6.45) is 6.98. The molecule has 0 atom stereocenters. The highest BCUT2D eigenvalue weighted by Crippen LogP contribution is 2.08. The summed E-state index contributed by atoms with van der Waals surface area (Å²) in [6.45, 7) is 0. The van der Waals surface area contributed by atoms with Crippen molar-refractivity contribution in [3.63, 3.8) is 0 Å². The smallest absolute Gasteiger partial charge is 0.0907 e. The van der Waals surface area contributed by atoms with E-state index in [1.807, 2.05) is 60.7 Å². The van der Waals surface area contributed by atoms with Crippen LogP contribution in [0, 0.1) is 0 Å². The largest absolute Gasteiger partial charge is 0.473 e. The lowest BCUT2D eigenvalue weighted by Gasteiger charge is -1.96. The molecule has 3 nitrogen and oxygen atoms in total. The van der Waals surface area contributed by atoms with Crippen LogP contribution < -0.4 is 11.5 Å². The van der Waals surface area contributed by atoms with Gasteiger partial charge >= 0.3 is 0 Å². The molecule has 2 aromatic rings. The van der Waals surface area contributed by atoms with Gasteiger partial charge in [-0.2, -0.15) is 0 Å². The van der Waals surface area contributed by atoms with Crippen LogP contribution in [0.3, 0.4) is 0 Å². The monoisotopic (exact) mass is 252 g/mol. The minimum Gasteiger partial charge on any atom is -0.473 e. The highest BCUT2D eigenvalue weighted by Gasteiger charge is 1.87. The highest BCUT2D eigenvalue weighted by molar-refractivity contribution is 5.54. The second kappa shape index (κ2) is 6.31. The molecule has 96 valence electrons. The van der Waals surface area contributed by atoms with Gasteiger partial charge in [-0.1, -0.05) is 24.3 Å². The standard InChI is InChI=1S/C16H16N2O/c17-15-5-1-13(2-6-15)9-11-19-12-10-14-3-7-16(18)8-4-14/h1-12H,17-18H2. The van der Waals surface area contributed by atoms with E-state index in [1.54, 1.807) is 12.5 Å². The molecule has 19 heavy (non-hydrogen) atoms. The van der Waals surface area contributed by atoms with Gasteiger partial charge in [-0.15, -0.1) is 0 Å². The van der Waals surface area contributed by atoms with E-state index in [9.17, 15) is 0 Å². The number of anilines is 2. The molecule has 0 aliphatic rings. The minimum atomic E-state index is 0.751. The Kier molecular flexibility index (Phi) is 4.24. The summed E-state index contributed by atoms with van der Waals surface area (Å²) in [5.74, 6) is 0. The predicted molar refractivity (Wildman–Crippen MR) is 80.9 cm³/mol. The molecule has 0 unspecified atom stereocenters. The Balaban J connectivity index is 1.86. The Morgan fingerprint density at radius 1 is 0.632 bits per heavy atom. The van der Waals surface area contributed by atoms with Gasteiger partial charge in [0, 0.05) is 11.4 Å². The van der Waals surface area contributed by atoms with Crippen LogP contribution in [0.25, 0.3) is 12.2 Å². The van der Waals surface area contributed by atoms with E-state index >= 15 is 0 Å². The quantitative estimate of drug-likeness (QED) is 0.646. The normalized spacial score (nSPS) is 11.2. The Morgan fingerprint density at radius 3 is 1.37 bits per heavy atom. The first kappa shape index (κ1) is 12.8. The molecule has 0 amide bonds. The van der Waals surface area contributed by atoms with Crippen molar-refractivity contribution in [1.82, 2.24) is 0 Å². The Bertz CT molecular complexity index is 515. The first-order chi connectivity index (χ1) is 9.24. The lowest BCUT2D eigenvalue weighted by Crippen LogP contribution is -1.83. The first-order valence-electron chi connectivity index (χ1n) is 5.94. The average molecular weight is 252 g/mol. The van der Waals surface area contributed by atoms with Gasteiger partial charge in [0.05, 0.1) is 12.5 Å². The fraction of sp³-hybridized carbons (Fsp3) is 0. The van der Waals surface area contributed by atoms with Crippen molar-refractivity contribution in [2.45, 2.75) is 0 Å². The number of rotatable bonds is 4. The number of nitrogens with two attached hydrogens (primary N) is 2. The maximum atomic E-state index is 5.60. The van der Waals surface area contributed by atoms with Gasteiger partial charge in [-0.25, -0.2) is 0 Å². The molecule has 0 aliphatic heterocycles. The van der Waals surface area contributed by atoms with E-state index in [2.05, 4.69) is 0 Å². The second-order valence-electron chi connectivity index (χ2n) is 4.07. The number of nitrogen functional groups attached to an aromatic ring is 2. The summed E-state index contributed by atoms with van der Waals surface area (Å²) in [5.41, 5.74) is 14.8. The van der Waals surface area contributed by atoms with E-state index in [1.165, 1.54) is 0 Å². The fourth-order valence-corrected chi connectivity index (χ4v) is 1.50. The fourth-order valence-electron chi connectivity index (χ4n) is 1.50. The van der Waals surface area contributed by atoms with Gasteiger partial charge in [0.15, 0.2) is 0 Å². The van der Waals surface area contributed by atoms with Crippen LogP contribution in [0.4, 0.5) is 11.4 Å². The molecule has 0 radical (unpaired) electrons. The summed E-state index contributed by atoms with van der Waals surface area (Å²) in [4.78, 5) is 0. The first-order valence-corrected chi connectivity index (χ1v) is 5.94. The summed E-state index contributed by atoms with van der Waals surface area (Å²) < 4.78 is 5.28. The number of hydrogen-bond donors (Lipinski definition) is 2. The maximum absolute atomic E-state index is 5.60. The molecule has 2 aromatic carbocycles. The third-order valence-electron chi connectivity index (χ3n) is 2.55. The van der Waals surface area contributed by atoms with Crippen molar-refractivity contribution in [3.8, 4) is 0 Å². The van der Waals surface area contributed by atoms with Gasteiger partial charge in [0.25, 0.3) is 0 Å². The molecule has 3 heteroatoms. The van der Waals surface area contributed by atoms with Crippen molar-refractivity contribution in [3.05, 3.63) is 72.2 Å². The predicted octanol–water partition coefficient (Wildman–Crippen LogP) is 3.51. The van der Waals surface area contributed by atoms with Gasteiger partial charge in [0.1, 0.15) is 0 Å². The highest BCUT2D eigenvalue weighted by atomic mass is 16.5. The van der Waals surface area contributed by atoms with Crippen molar-refractivity contribution in [2.75, 3.05) is 11.5 Å². The van der Waals surface area contributed by atoms with E-state index in [0.29, 0.717) is 0 Å². The van der Waals surface area contributed by atoms with Crippen LogP contribution in [0.1, 0.15) is 11.1 Å². The van der Waals surface area contributed by atoms with Crippen LogP contribution in [0.2, 0.25) is 0 Å². The Hall–Kier alpha value is -2.68. The molecule has 0 fully saturated rings. The van der Waals surface area contributed by atoms with Gasteiger partial charge in [-0.05, 0) is 47.5 Å². The summed E-state index contributed by atoms with van der Waals surface area (Å²) >= 11 is 0. The molecule has 0 aliphatic carbocycles. The molecular formula is C16H16N2O. The Labute approximate surface area is 112 Å². The second-order valence-corrected chi connectivity index (χ2v) is 4.07. The van der Waals surface area contributed by atoms with Crippen LogP contribution >= 0.6 is 0 Å². The zero-order valence-electron chi connectivity index (χ0n) is 10.5. The van der Waals surface area contributed by atoms with E-state index in [0.717, 1.165) is 22.5 Å². The zero-order chi connectivity index (χ0) is 13.5. The average Bonchev–Trinajstić information content (AvgIpc) is 2.43. The van der Waals surface area contributed by atoms with Gasteiger partial charge in [-0.3, -0.25) is 0 Å². The third-order valence-corrected chi connectivity index (χ3v) is 2.55. The van der Waals surface area contributed by atoms with Gasteiger partial charge < -0.3 is 16.2 Å². The number of ether oxygens (including phenoxy) is 1. The molecular weight excluding hydrogens is 236 g/mol. The maximum Gasteiger partial charge on any atom is 0.0907 e. The molecule has 0 bridgehead atoms. The van der Waals surface area contributed by atoms with Crippen molar-refractivity contribution in [1.29, 1.82) is 0 Å². The zero-order valence-corrected chi connectivity index (χ0v) is 10.5. The Morgan fingerprint density at radius 2 is 1.00 bits per heavy atom. The molecule has 0 spiro atoms.